The van der Waals surface area contributed by atoms with Gasteiger partial charge in [0.1, 0.15) is 10.0 Å². The van der Waals surface area contributed by atoms with Crippen molar-refractivity contribution in [1.82, 2.24) is 4.98 Å². The molecule has 0 radical (unpaired) electrons. The summed E-state index contributed by atoms with van der Waals surface area (Å²) >= 11 is 5.73. The smallest absolute Gasteiger partial charge is 0.280 e. The van der Waals surface area contributed by atoms with E-state index in [1.165, 1.54) is 25.1 Å². The highest BCUT2D eigenvalue weighted by Gasteiger charge is 2.32. The molecule has 0 fully saturated rings. The van der Waals surface area contributed by atoms with Gasteiger partial charge in [-0.1, -0.05) is 17.7 Å². The summed E-state index contributed by atoms with van der Waals surface area (Å²) in [7, 11) is -4.07. The van der Waals surface area contributed by atoms with E-state index >= 15 is 0 Å². The lowest BCUT2D eigenvalue weighted by atomic mass is 10.1. The van der Waals surface area contributed by atoms with Gasteiger partial charge in [-0.3, -0.25) is 4.72 Å². The maximum atomic E-state index is 12.9. The minimum absolute atomic E-state index is 0.00412. The van der Waals surface area contributed by atoms with Gasteiger partial charge in [-0.25, -0.2) is 13.4 Å². The third-order valence-corrected chi connectivity index (χ3v) is 4.84. The Labute approximate surface area is 136 Å². The number of alkyl halides is 3. The Morgan fingerprint density at radius 3 is 2.35 bits per heavy atom. The van der Waals surface area contributed by atoms with Crippen molar-refractivity contribution in [2.24, 2.45) is 0 Å². The van der Waals surface area contributed by atoms with Crippen molar-refractivity contribution in [3.63, 3.8) is 0 Å². The first kappa shape index (κ1) is 17.6. The quantitative estimate of drug-likeness (QED) is 0.831. The zero-order valence-corrected chi connectivity index (χ0v) is 13.6. The number of rotatable bonds is 3. The van der Waals surface area contributed by atoms with Crippen LogP contribution < -0.4 is 4.72 Å². The monoisotopic (exact) mass is 364 g/mol. The highest BCUT2D eigenvalue weighted by atomic mass is 35.5. The van der Waals surface area contributed by atoms with Gasteiger partial charge in [-0.15, -0.1) is 0 Å². The summed E-state index contributed by atoms with van der Waals surface area (Å²) in [6.45, 7) is 2.87. The fourth-order valence-electron chi connectivity index (χ4n) is 1.88. The molecule has 1 aromatic carbocycles. The van der Waals surface area contributed by atoms with Crippen molar-refractivity contribution < 1.29 is 21.6 Å². The summed E-state index contributed by atoms with van der Waals surface area (Å²) in [5.74, 6) is 0. The molecule has 0 unspecified atom stereocenters. The van der Waals surface area contributed by atoms with E-state index in [2.05, 4.69) is 9.71 Å². The maximum Gasteiger partial charge on any atom is 0.416 e. The molecule has 23 heavy (non-hydrogen) atoms. The van der Waals surface area contributed by atoms with Crippen LogP contribution in [0.2, 0.25) is 5.15 Å². The first-order valence-electron chi connectivity index (χ1n) is 6.33. The van der Waals surface area contributed by atoms with Crippen molar-refractivity contribution in [2.45, 2.75) is 24.9 Å². The highest BCUT2D eigenvalue weighted by molar-refractivity contribution is 7.92. The molecule has 9 heteroatoms. The number of halogens is 4. The van der Waals surface area contributed by atoms with Gasteiger partial charge < -0.3 is 0 Å². The molecule has 1 aromatic heterocycles. The molecule has 124 valence electrons. The second-order valence-electron chi connectivity index (χ2n) is 4.91. The van der Waals surface area contributed by atoms with Crippen LogP contribution in [0.4, 0.5) is 18.9 Å². The summed E-state index contributed by atoms with van der Waals surface area (Å²) in [5, 5.41) is 0.152. The van der Waals surface area contributed by atoms with Crippen LogP contribution in [0.3, 0.4) is 0 Å². The molecule has 0 spiro atoms. The summed E-state index contributed by atoms with van der Waals surface area (Å²) in [6.07, 6.45) is -3.53. The lowest BCUT2D eigenvalue weighted by molar-refractivity contribution is -0.138. The standard InChI is InChI=1S/C14H12ClF3N2O2S/c1-8-3-4-10(6-12(8)14(16,17)18)20-23(21,22)11-5-9(2)13(15)19-7-11/h3-7,20H,1-2H3. The number of nitrogens with zero attached hydrogens (tertiary/aromatic N) is 1. The average Bonchev–Trinajstić information content (AvgIpc) is 2.42. The Balaban J connectivity index is 2.39. The minimum atomic E-state index is -4.57. The van der Waals surface area contributed by atoms with Crippen LogP contribution in [-0.2, 0) is 16.2 Å². The SMILES string of the molecule is Cc1ccc(NS(=O)(=O)c2cnc(Cl)c(C)c2)cc1C(F)(F)F. The molecule has 4 nitrogen and oxygen atoms in total. The third kappa shape index (κ3) is 3.94. The number of benzene rings is 1. The summed E-state index contributed by atoms with van der Waals surface area (Å²) in [4.78, 5) is 3.54. The average molecular weight is 365 g/mol. The number of aryl methyl sites for hydroxylation is 2. The Morgan fingerprint density at radius 1 is 1.13 bits per heavy atom. The molecule has 0 aliphatic carbocycles. The van der Waals surface area contributed by atoms with Gasteiger partial charge in [0, 0.05) is 11.9 Å². The van der Waals surface area contributed by atoms with E-state index in [9.17, 15) is 21.6 Å². The van der Waals surface area contributed by atoms with Crippen LogP contribution in [0, 0.1) is 13.8 Å². The van der Waals surface area contributed by atoms with E-state index in [0.717, 1.165) is 12.3 Å². The van der Waals surface area contributed by atoms with Crippen molar-refractivity contribution in [1.29, 1.82) is 0 Å². The Morgan fingerprint density at radius 2 is 1.78 bits per heavy atom. The third-order valence-electron chi connectivity index (χ3n) is 3.09. The van der Waals surface area contributed by atoms with Crippen LogP contribution >= 0.6 is 11.6 Å². The van der Waals surface area contributed by atoms with Crippen molar-refractivity contribution in [2.75, 3.05) is 4.72 Å². The molecular formula is C14H12ClF3N2O2S. The molecule has 0 atom stereocenters. The zero-order chi connectivity index (χ0) is 17.4. The number of sulfonamides is 1. The Bertz CT molecular complexity index is 852. The second kappa shape index (κ2) is 6.01. The molecule has 0 aliphatic rings. The number of pyridine rings is 1. The van der Waals surface area contributed by atoms with Gasteiger partial charge in [-0.2, -0.15) is 13.2 Å². The van der Waals surface area contributed by atoms with Gasteiger partial charge in [0.2, 0.25) is 0 Å². The Kier molecular flexibility index (Phi) is 4.59. The number of hydrogen-bond acceptors (Lipinski definition) is 3. The van der Waals surface area contributed by atoms with Crippen molar-refractivity contribution in [3.05, 3.63) is 52.3 Å². The van der Waals surface area contributed by atoms with Crippen molar-refractivity contribution >= 4 is 27.3 Å². The molecule has 2 aromatic rings. The van der Waals surface area contributed by atoms with E-state index < -0.39 is 21.8 Å². The lowest BCUT2D eigenvalue weighted by Crippen LogP contribution is -2.15. The lowest BCUT2D eigenvalue weighted by Gasteiger charge is -2.13. The molecule has 0 saturated heterocycles. The van der Waals surface area contributed by atoms with Crippen LogP contribution in [0.1, 0.15) is 16.7 Å². The van der Waals surface area contributed by atoms with E-state index in [1.807, 2.05) is 0 Å². The summed E-state index contributed by atoms with van der Waals surface area (Å²) in [5.41, 5.74) is -0.641. The van der Waals surface area contributed by atoms with Crippen LogP contribution in [0.5, 0.6) is 0 Å². The van der Waals surface area contributed by atoms with E-state index in [1.54, 1.807) is 6.92 Å². The van der Waals surface area contributed by atoms with Gasteiger partial charge >= 0.3 is 6.18 Å². The normalized spacial score (nSPS) is 12.3. The number of anilines is 1. The van der Waals surface area contributed by atoms with Gasteiger partial charge in [0.05, 0.1) is 5.56 Å². The van der Waals surface area contributed by atoms with Crippen LogP contribution in [-0.4, -0.2) is 13.4 Å². The Hall–Kier alpha value is -1.80. The fourth-order valence-corrected chi connectivity index (χ4v) is 3.07. The first-order valence-corrected chi connectivity index (χ1v) is 8.19. The molecule has 0 saturated carbocycles. The fraction of sp³-hybridized carbons (Fsp3) is 0.214. The second-order valence-corrected chi connectivity index (χ2v) is 6.95. The molecule has 2 rings (SSSR count). The van der Waals surface area contributed by atoms with Crippen molar-refractivity contribution in [3.8, 4) is 0 Å². The van der Waals surface area contributed by atoms with Gasteiger partial charge in [0.15, 0.2) is 0 Å². The first-order chi connectivity index (χ1) is 10.5. The number of nitrogens with one attached hydrogen (secondary N) is 1. The maximum absolute atomic E-state index is 12.9. The van der Waals surface area contributed by atoms with Gasteiger partial charge in [-0.05, 0) is 43.2 Å². The molecule has 1 N–H and O–H groups in total. The molecular weight excluding hydrogens is 353 g/mol. The molecule has 0 amide bonds. The predicted octanol–water partition coefficient (Wildman–Crippen LogP) is 4.17. The number of hydrogen-bond donors (Lipinski definition) is 1. The highest BCUT2D eigenvalue weighted by Crippen LogP contribution is 2.34. The van der Waals surface area contributed by atoms with E-state index in [-0.39, 0.29) is 21.3 Å². The molecule has 0 bridgehead atoms. The van der Waals surface area contributed by atoms with Crippen LogP contribution in [0.25, 0.3) is 0 Å². The van der Waals surface area contributed by atoms with Gasteiger partial charge in [0.25, 0.3) is 10.0 Å². The van der Waals surface area contributed by atoms with E-state index in [0.29, 0.717) is 5.56 Å². The van der Waals surface area contributed by atoms with Crippen LogP contribution in [0.15, 0.2) is 35.4 Å². The summed E-state index contributed by atoms with van der Waals surface area (Å²) < 4.78 is 65.2. The topological polar surface area (TPSA) is 59.1 Å². The predicted molar refractivity (Wildman–Crippen MR) is 81.0 cm³/mol. The largest absolute Gasteiger partial charge is 0.416 e. The number of aromatic nitrogens is 1. The molecule has 1 heterocycles. The minimum Gasteiger partial charge on any atom is -0.280 e. The van der Waals surface area contributed by atoms with E-state index in [4.69, 9.17) is 11.6 Å². The molecule has 0 aliphatic heterocycles. The summed E-state index contributed by atoms with van der Waals surface area (Å²) in [6, 6.07) is 4.50. The zero-order valence-electron chi connectivity index (χ0n) is 12.1.